The SMILES string of the molecule is CCc1ccsc1-c1nc(C2CNCCN2C)no1. The second-order valence-electron chi connectivity index (χ2n) is 4.79. The number of nitrogens with one attached hydrogen (secondary N) is 1. The van der Waals surface area contributed by atoms with Gasteiger partial charge in [-0.2, -0.15) is 4.98 Å². The molecule has 1 N–H and O–H groups in total. The largest absolute Gasteiger partial charge is 0.333 e. The van der Waals surface area contributed by atoms with Gasteiger partial charge in [0, 0.05) is 19.6 Å². The van der Waals surface area contributed by atoms with Gasteiger partial charge in [-0.15, -0.1) is 11.3 Å². The van der Waals surface area contributed by atoms with E-state index in [0.717, 1.165) is 36.8 Å². The van der Waals surface area contributed by atoms with E-state index in [2.05, 4.69) is 45.8 Å². The normalized spacial score (nSPS) is 20.8. The lowest BCUT2D eigenvalue weighted by Gasteiger charge is -2.30. The highest BCUT2D eigenvalue weighted by molar-refractivity contribution is 7.13. The fraction of sp³-hybridized carbons (Fsp3) is 0.538. The van der Waals surface area contributed by atoms with Crippen LogP contribution in [-0.2, 0) is 6.42 Å². The van der Waals surface area contributed by atoms with Crippen LogP contribution in [0.4, 0.5) is 0 Å². The molecule has 0 amide bonds. The fourth-order valence-corrected chi connectivity index (χ4v) is 3.27. The Bertz CT molecular complexity index is 550. The van der Waals surface area contributed by atoms with Crippen molar-refractivity contribution in [2.45, 2.75) is 19.4 Å². The summed E-state index contributed by atoms with van der Waals surface area (Å²) in [5.74, 6) is 1.43. The molecule has 1 atom stereocenters. The highest BCUT2D eigenvalue weighted by atomic mass is 32.1. The average molecular weight is 278 g/mol. The van der Waals surface area contributed by atoms with Gasteiger partial charge in [-0.25, -0.2) is 0 Å². The van der Waals surface area contributed by atoms with Crippen molar-refractivity contribution in [3.05, 3.63) is 22.8 Å². The maximum atomic E-state index is 5.45. The second kappa shape index (κ2) is 5.40. The van der Waals surface area contributed by atoms with E-state index in [1.807, 2.05) is 0 Å². The highest BCUT2D eigenvalue weighted by Gasteiger charge is 2.26. The molecule has 0 aliphatic carbocycles. The van der Waals surface area contributed by atoms with Crippen molar-refractivity contribution in [1.29, 1.82) is 0 Å². The number of piperazine rings is 1. The standard InChI is InChI=1S/C13H18N4OS/c1-3-9-4-7-19-11(9)13-15-12(16-18-13)10-8-14-5-6-17(10)2/h4,7,10,14H,3,5-6,8H2,1-2H3. The molecule has 6 heteroatoms. The lowest BCUT2D eigenvalue weighted by molar-refractivity contribution is 0.190. The van der Waals surface area contributed by atoms with Gasteiger partial charge in [0.2, 0.25) is 0 Å². The molecule has 2 aromatic rings. The molecule has 1 aliphatic heterocycles. The summed E-state index contributed by atoms with van der Waals surface area (Å²) >= 11 is 1.66. The van der Waals surface area contributed by atoms with Crippen LogP contribution in [0.15, 0.2) is 16.0 Å². The number of aromatic nitrogens is 2. The lowest BCUT2D eigenvalue weighted by Crippen LogP contribution is -2.44. The number of aryl methyl sites for hydroxylation is 1. The molecule has 1 aliphatic rings. The molecule has 0 spiro atoms. The van der Waals surface area contributed by atoms with Gasteiger partial charge in [0.05, 0.1) is 10.9 Å². The van der Waals surface area contributed by atoms with E-state index in [-0.39, 0.29) is 6.04 Å². The first kappa shape index (κ1) is 12.8. The zero-order valence-corrected chi connectivity index (χ0v) is 12.0. The molecule has 1 unspecified atom stereocenters. The quantitative estimate of drug-likeness (QED) is 0.930. The minimum atomic E-state index is 0.205. The van der Waals surface area contributed by atoms with Crippen LogP contribution in [0, 0.1) is 0 Å². The van der Waals surface area contributed by atoms with Crippen molar-refractivity contribution in [2.75, 3.05) is 26.7 Å². The van der Waals surface area contributed by atoms with E-state index < -0.39 is 0 Å². The Labute approximate surface area is 116 Å². The Morgan fingerprint density at radius 2 is 2.47 bits per heavy atom. The maximum Gasteiger partial charge on any atom is 0.268 e. The number of hydrogen-bond donors (Lipinski definition) is 1. The molecule has 5 nitrogen and oxygen atoms in total. The Morgan fingerprint density at radius 3 is 3.26 bits per heavy atom. The summed E-state index contributed by atoms with van der Waals surface area (Å²) in [7, 11) is 2.10. The molecule has 0 bridgehead atoms. The molecule has 2 aromatic heterocycles. The van der Waals surface area contributed by atoms with Gasteiger partial charge in [-0.1, -0.05) is 12.1 Å². The van der Waals surface area contributed by atoms with Crippen LogP contribution in [0.25, 0.3) is 10.8 Å². The summed E-state index contributed by atoms with van der Waals surface area (Å²) in [6.07, 6.45) is 0.988. The zero-order valence-electron chi connectivity index (χ0n) is 11.2. The van der Waals surface area contributed by atoms with Gasteiger partial charge in [-0.3, -0.25) is 4.90 Å². The van der Waals surface area contributed by atoms with Gasteiger partial charge in [0.25, 0.3) is 5.89 Å². The third kappa shape index (κ3) is 2.43. The van der Waals surface area contributed by atoms with Gasteiger partial charge in [0.15, 0.2) is 5.82 Å². The predicted octanol–water partition coefficient (Wildman–Crippen LogP) is 1.94. The van der Waals surface area contributed by atoms with E-state index in [0.29, 0.717) is 5.89 Å². The van der Waals surface area contributed by atoms with Crippen molar-refractivity contribution < 1.29 is 4.52 Å². The zero-order chi connectivity index (χ0) is 13.2. The maximum absolute atomic E-state index is 5.45. The molecular formula is C13H18N4OS. The van der Waals surface area contributed by atoms with Crippen LogP contribution < -0.4 is 5.32 Å². The number of likely N-dealkylation sites (N-methyl/N-ethyl adjacent to an activating group) is 1. The summed E-state index contributed by atoms with van der Waals surface area (Å²) in [5, 5.41) is 9.61. The molecule has 3 rings (SSSR count). The molecule has 1 saturated heterocycles. The molecule has 19 heavy (non-hydrogen) atoms. The Hall–Kier alpha value is -1.24. The number of nitrogens with zero attached hydrogens (tertiary/aromatic N) is 3. The smallest absolute Gasteiger partial charge is 0.268 e. The number of hydrogen-bond acceptors (Lipinski definition) is 6. The molecule has 1 fully saturated rings. The van der Waals surface area contributed by atoms with E-state index in [1.54, 1.807) is 11.3 Å². The molecule has 0 radical (unpaired) electrons. The minimum absolute atomic E-state index is 0.205. The second-order valence-corrected chi connectivity index (χ2v) is 5.70. The predicted molar refractivity (Wildman–Crippen MR) is 75.2 cm³/mol. The number of thiophene rings is 1. The molecule has 3 heterocycles. The van der Waals surface area contributed by atoms with Crippen LogP contribution in [0.5, 0.6) is 0 Å². The Balaban J connectivity index is 1.87. The van der Waals surface area contributed by atoms with Crippen LogP contribution >= 0.6 is 11.3 Å². The third-order valence-corrected chi connectivity index (χ3v) is 4.52. The molecular weight excluding hydrogens is 260 g/mol. The van der Waals surface area contributed by atoms with E-state index in [4.69, 9.17) is 4.52 Å². The number of rotatable bonds is 3. The average Bonchev–Trinajstić information content (AvgIpc) is 3.07. The summed E-state index contributed by atoms with van der Waals surface area (Å²) in [5.41, 5.74) is 1.27. The lowest BCUT2D eigenvalue weighted by atomic mass is 10.2. The first-order chi connectivity index (χ1) is 9.29. The van der Waals surface area contributed by atoms with E-state index in [9.17, 15) is 0 Å². The van der Waals surface area contributed by atoms with E-state index >= 15 is 0 Å². The first-order valence-electron chi connectivity index (χ1n) is 6.61. The molecule has 0 aromatic carbocycles. The Morgan fingerprint density at radius 1 is 1.58 bits per heavy atom. The summed E-state index contributed by atoms with van der Waals surface area (Å²) in [4.78, 5) is 7.95. The van der Waals surface area contributed by atoms with E-state index in [1.165, 1.54) is 5.56 Å². The Kier molecular flexibility index (Phi) is 3.63. The highest BCUT2D eigenvalue weighted by Crippen LogP contribution is 2.30. The summed E-state index contributed by atoms with van der Waals surface area (Å²) in [6, 6.07) is 2.33. The van der Waals surface area contributed by atoms with Crippen molar-refractivity contribution >= 4 is 11.3 Å². The molecule has 0 saturated carbocycles. The topological polar surface area (TPSA) is 54.2 Å². The first-order valence-corrected chi connectivity index (χ1v) is 7.49. The summed E-state index contributed by atoms with van der Waals surface area (Å²) < 4.78 is 5.45. The fourth-order valence-electron chi connectivity index (χ4n) is 2.36. The van der Waals surface area contributed by atoms with Crippen LogP contribution in [0.1, 0.15) is 24.4 Å². The third-order valence-electron chi connectivity index (χ3n) is 3.57. The van der Waals surface area contributed by atoms with Crippen LogP contribution in [-0.4, -0.2) is 41.7 Å². The minimum Gasteiger partial charge on any atom is -0.333 e. The monoisotopic (exact) mass is 278 g/mol. The van der Waals surface area contributed by atoms with Crippen molar-refractivity contribution in [1.82, 2.24) is 20.4 Å². The van der Waals surface area contributed by atoms with Crippen LogP contribution in [0.2, 0.25) is 0 Å². The van der Waals surface area contributed by atoms with Crippen molar-refractivity contribution in [3.63, 3.8) is 0 Å². The van der Waals surface area contributed by atoms with Gasteiger partial charge >= 0.3 is 0 Å². The van der Waals surface area contributed by atoms with Crippen molar-refractivity contribution in [2.24, 2.45) is 0 Å². The van der Waals surface area contributed by atoms with Crippen LogP contribution in [0.3, 0.4) is 0 Å². The van der Waals surface area contributed by atoms with Gasteiger partial charge in [-0.05, 0) is 30.5 Å². The van der Waals surface area contributed by atoms with Gasteiger partial charge in [0.1, 0.15) is 0 Å². The molecule has 102 valence electrons. The van der Waals surface area contributed by atoms with Crippen molar-refractivity contribution in [3.8, 4) is 10.8 Å². The van der Waals surface area contributed by atoms with Gasteiger partial charge < -0.3 is 9.84 Å². The summed E-state index contributed by atoms with van der Waals surface area (Å²) in [6.45, 7) is 5.04.